The van der Waals surface area contributed by atoms with E-state index in [1.807, 2.05) is 0 Å². The fourth-order valence-electron chi connectivity index (χ4n) is 2.38. The lowest BCUT2D eigenvalue weighted by atomic mass is 10.00. The van der Waals surface area contributed by atoms with Crippen molar-refractivity contribution in [3.05, 3.63) is 47.8 Å². The maximum atomic E-state index is 12.2. The van der Waals surface area contributed by atoms with Gasteiger partial charge >= 0.3 is 0 Å². The van der Waals surface area contributed by atoms with Crippen molar-refractivity contribution in [3.8, 4) is 11.7 Å². The minimum Gasteiger partial charge on any atom is -0.459 e. The fraction of sp³-hybridized carbons (Fsp3) is 0.353. The van der Waals surface area contributed by atoms with Crippen LogP contribution >= 0.6 is 0 Å². The fourth-order valence-corrected chi connectivity index (χ4v) is 2.38. The first kappa shape index (κ1) is 17.0. The van der Waals surface area contributed by atoms with E-state index in [9.17, 15) is 9.90 Å². The van der Waals surface area contributed by atoms with E-state index in [1.54, 1.807) is 50.1 Å². The maximum Gasteiger partial charge on any atom is 0.263 e. The van der Waals surface area contributed by atoms with E-state index in [2.05, 4.69) is 15.4 Å². The van der Waals surface area contributed by atoms with E-state index in [-0.39, 0.29) is 18.9 Å². The normalized spacial score (nSPS) is 13.6. The SMILES string of the molecule is Cc1oc(-c2ccco2)nc1CC(=O)NCC(C)(O)c1cnn(C)c1. The third-order valence-electron chi connectivity index (χ3n) is 3.91. The van der Waals surface area contributed by atoms with Gasteiger partial charge in [0, 0.05) is 18.8 Å². The molecule has 1 atom stereocenters. The van der Waals surface area contributed by atoms with Gasteiger partial charge in [-0.25, -0.2) is 4.98 Å². The Bertz CT molecular complexity index is 861. The number of aryl methyl sites for hydroxylation is 2. The summed E-state index contributed by atoms with van der Waals surface area (Å²) in [5.41, 5.74) is -0.0415. The number of nitrogens with one attached hydrogen (secondary N) is 1. The number of hydrogen-bond acceptors (Lipinski definition) is 6. The van der Waals surface area contributed by atoms with Crippen molar-refractivity contribution in [1.82, 2.24) is 20.1 Å². The zero-order valence-electron chi connectivity index (χ0n) is 14.3. The predicted molar refractivity (Wildman–Crippen MR) is 88.4 cm³/mol. The second-order valence-electron chi connectivity index (χ2n) is 6.13. The van der Waals surface area contributed by atoms with Gasteiger partial charge in [-0.05, 0) is 26.0 Å². The van der Waals surface area contributed by atoms with Crippen molar-refractivity contribution >= 4 is 5.91 Å². The second kappa shape index (κ2) is 6.56. The molecular formula is C17H20N4O4. The molecular weight excluding hydrogens is 324 g/mol. The molecule has 0 aliphatic rings. The topological polar surface area (TPSA) is 106 Å². The molecule has 8 heteroatoms. The summed E-state index contributed by atoms with van der Waals surface area (Å²) in [6.45, 7) is 3.44. The molecule has 3 aromatic rings. The molecule has 1 amide bonds. The van der Waals surface area contributed by atoms with Crippen LogP contribution in [0.25, 0.3) is 11.7 Å². The Morgan fingerprint density at radius 1 is 1.48 bits per heavy atom. The number of carbonyl (C=O) groups excluding carboxylic acids is 1. The van der Waals surface area contributed by atoms with Crippen molar-refractivity contribution in [2.24, 2.45) is 7.05 Å². The Morgan fingerprint density at radius 2 is 2.28 bits per heavy atom. The lowest BCUT2D eigenvalue weighted by Crippen LogP contribution is -2.39. The molecule has 0 fully saturated rings. The van der Waals surface area contributed by atoms with E-state index in [4.69, 9.17) is 8.83 Å². The number of rotatable bonds is 6. The predicted octanol–water partition coefficient (Wildman–Crippen LogP) is 1.54. The van der Waals surface area contributed by atoms with Gasteiger partial charge in [-0.2, -0.15) is 5.10 Å². The lowest BCUT2D eigenvalue weighted by molar-refractivity contribution is -0.121. The molecule has 0 bridgehead atoms. The molecule has 8 nitrogen and oxygen atoms in total. The Balaban J connectivity index is 1.61. The first-order valence-corrected chi connectivity index (χ1v) is 7.83. The van der Waals surface area contributed by atoms with Crippen LogP contribution in [0.2, 0.25) is 0 Å². The Labute approximate surface area is 144 Å². The monoisotopic (exact) mass is 344 g/mol. The third-order valence-corrected chi connectivity index (χ3v) is 3.91. The molecule has 0 aliphatic carbocycles. The molecule has 0 saturated carbocycles. The smallest absolute Gasteiger partial charge is 0.263 e. The molecule has 3 rings (SSSR count). The van der Waals surface area contributed by atoms with Gasteiger partial charge in [-0.3, -0.25) is 9.48 Å². The number of carbonyl (C=O) groups is 1. The molecule has 1 unspecified atom stereocenters. The van der Waals surface area contributed by atoms with Gasteiger partial charge < -0.3 is 19.3 Å². The summed E-state index contributed by atoms with van der Waals surface area (Å²) in [7, 11) is 1.77. The van der Waals surface area contributed by atoms with Crippen LogP contribution in [0, 0.1) is 6.92 Å². The van der Waals surface area contributed by atoms with Gasteiger partial charge in [0.15, 0.2) is 5.76 Å². The van der Waals surface area contributed by atoms with Crippen LogP contribution in [0.5, 0.6) is 0 Å². The number of oxazole rings is 1. The highest BCUT2D eigenvalue weighted by Gasteiger charge is 2.26. The molecule has 0 aliphatic heterocycles. The maximum absolute atomic E-state index is 12.2. The Morgan fingerprint density at radius 3 is 2.92 bits per heavy atom. The van der Waals surface area contributed by atoms with Crippen molar-refractivity contribution in [3.63, 3.8) is 0 Å². The number of aliphatic hydroxyl groups is 1. The van der Waals surface area contributed by atoms with Gasteiger partial charge in [0.2, 0.25) is 5.91 Å². The van der Waals surface area contributed by atoms with Crippen LogP contribution in [-0.4, -0.2) is 32.3 Å². The van der Waals surface area contributed by atoms with E-state index in [0.717, 1.165) is 0 Å². The highest BCUT2D eigenvalue weighted by Crippen LogP contribution is 2.22. The average Bonchev–Trinajstić information content (AvgIpc) is 3.27. The minimum atomic E-state index is -1.21. The van der Waals surface area contributed by atoms with Gasteiger partial charge in [-0.1, -0.05) is 0 Å². The zero-order chi connectivity index (χ0) is 18.0. The van der Waals surface area contributed by atoms with Gasteiger partial charge in [0.25, 0.3) is 5.89 Å². The standard InChI is InChI=1S/C17H20N4O4/c1-11-13(20-16(25-11)14-5-4-6-24-14)7-15(22)18-10-17(2,23)12-8-19-21(3)9-12/h4-6,8-9,23H,7,10H2,1-3H3,(H,18,22). The number of amides is 1. The van der Waals surface area contributed by atoms with Crippen molar-refractivity contribution in [1.29, 1.82) is 0 Å². The number of nitrogens with zero attached hydrogens (tertiary/aromatic N) is 3. The zero-order valence-corrected chi connectivity index (χ0v) is 14.3. The summed E-state index contributed by atoms with van der Waals surface area (Å²) in [6.07, 6.45) is 4.87. The van der Waals surface area contributed by atoms with Gasteiger partial charge in [0.1, 0.15) is 11.4 Å². The minimum absolute atomic E-state index is 0.0547. The second-order valence-corrected chi connectivity index (χ2v) is 6.13. The van der Waals surface area contributed by atoms with Crippen LogP contribution in [0.3, 0.4) is 0 Å². The molecule has 0 aromatic carbocycles. The summed E-state index contributed by atoms with van der Waals surface area (Å²) in [6, 6.07) is 3.47. The van der Waals surface area contributed by atoms with E-state index < -0.39 is 5.60 Å². The summed E-state index contributed by atoms with van der Waals surface area (Å²) < 4.78 is 12.4. The van der Waals surface area contributed by atoms with Crippen LogP contribution in [0.1, 0.15) is 23.9 Å². The van der Waals surface area contributed by atoms with Crippen molar-refractivity contribution in [2.75, 3.05) is 6.54 Å². The van der Waals surface area contributed by atoms with Crippen molar-refractivity contribution < 1.29 is 18.7 Å². The molecule has 25 heavy (non-hydrogen) atoms. The number of furan rings is 1. The molecule has 2 N–H and O–H groups in total. The number of hydrogen-bond donors (Lipinski definition) is 2. The first-order valence-electron chi connectivity index (χ1n) is 7.83. The van der Waals surface area contributed by atoms with Crippen LogP contribution in [-0.2, 0) is 23.9 Å². The Kier molecular flexibility index (Phi) is 4.45. The van der Waals surface area contributed by atoms with E-state index in [1.165, 1.54) is 6.26 Å². The third kappa shape index (κ3) is 3.80. The molecule has 0 saturated heterocycles. The first-order chi connectivity index (χ1) is 11.8. The number of aromatic nitrogens is 3. The van der Waals surface area contributed by atoms with Gasteiger partial charge in [-0.15, -0.1) is 0 Å². The summed E-state index contributed by atoms with van der Waals surface area (Å²) in [4.78, 5) is 16.5. The van der Waals surface area contributed by atoms with Crippen LogP contribution in [0.15, 0.2) is 39.6 Å². The molecule has 3 heterocycles. The van der Waals surface area contributed by atoms with Crippen molar-refractivity contribution in [2.45, 2.75) is 25.9 Å². The van der Waals surface area contributed by atoms with E-state index >= 15 is 0 Å². The lowest BCUT2D eigenvalue weighted by Gasteiger charge is -2.22. The highest BCUT2D eigenvalue weighted by atomic mass is 16.4. The van der Waals surface area contributed by atoms with Gasteiger partial charge in [0.05, 0.1) is 31.1 Å². The van der Waals surface area contributed by atoms with Crippen LogP contribution in [0.4, 0.5) is 0 Å². The van der Waals surface area contributed by atoms with E-state index in [0.29, 0.717) is 28.7 Å². The molecule has 0 spiro atoms. The van der Waals surface area contributed by atoms with Crippen LogP contribution < -0.4 is 5.32 Å². The molecule has 132 valence electrons. The summed E-state index contributed by atoms with van der Waals surface area (Å²) in [5, 5.41) is 17.2. The molecule has 0 radical (unpaired) electrons. The molecule has 3 aromatic heterocycles. The Hall–Kier alpha value is -2.87. The summed E-state index contributed by atoms with van der Waals surface area (Å²) >= 11 is 0. The highest BCUT2D eigenvalue weighted by molar-refractivity contribution is 5.78. The largest absolute Gasteiger partial charge is 0.459 e. The summed E-state index contributed by atoms with van der Waals surface area (Å²) in [5.74, 6) is 1.15. The average molecular weight is 344 g/mol. The quantitative estimate of drug-likeness (QED) is 0.702.